The summed E-state index contributed by atoms with van der Waals surface area (Å²) >= 11 is 6.03. The average molecular weight is 406 g/mol. The van der Waals surface area contributed by atoms with Gasteiger partial charge in [0.05, 0.1) is 11.1 Å². The molecule has 3 rings (SSSR count). The third-order valence-corrected chi connectivity index (χ3v) is 6.75. The summed E-state index contributed by atoms with van der Waals surface area (Å²) in [6, 6.07) is 15.5. The Kier molecular flexibility index (Phi) is 6.26. The SMILES string of the molecule is O=C(N/N=C\c1ccccc1Cl)C1CCN(S(=O)(=O)c2ccccc2)CC1. The predicted molar refractivity (Wildman–Crippen MR) is 105 cm³/mol. The second kappa shape index (κ2) is 8.65. The van der Waals surface area contributed by atoms with Crippen LogP contribution < -0.4 is 5.43 Å². The van der Waals surface area contributed by atoms with E-state index in [1.807, 2.05) is 12.1 Å². The highest BCUT2D eigenvalue weighted by atomic mass is 35.5. The van der Waals surface area contributed by atoms with Gasteiger partial charge in [0.2, 0.25) is 15.9 Å². The molecule has 0 radical (unpaired) electrons. The van der Waals surface area contributed by atoms with Gasteiger partial charge in [-0.05, 0) is 31.0 Å². The molecule has 1 fully saturated rings. The number of nitrogens with one attached hydrogen (secondary N) is 1. The fourth-order valence-corrected chi connectivity index (χ4v) is 4.61. The Morgan fingerprint density at radius 2 is 1.70 bits per heavy atom. The molecule has 0 atom stereocenters. The van der Waals surface area contributed by atoms with Gasteiger partial charge in [0.1, 0.15) is 0 Å². The van der Waals surface area contributed by atoms with E-state index in [9.17, 15) is 13.2 Å². The van der Waals surface area contributed by atoms with Crippen LogP contribution in [0.2, 0.25) is 5.02 Å². The number of hydrazone groups is 1. The normalized spacial score (nSPS) is 16.5. The largest absolute Gasteiger partial charge is 0.273 e. The van der Waals surface area contributed by atoms with Crippen LogP contribution >= 0.6 is 11.6 Å². The maximum Gasteiger partial charge on any atom is 0.243 e. The van der Waals surface area contributed by atoms with E-state index in [2.05, 4.69) is 10.5 Å². The number of sulfonamides is 1. The summed E-state index contributed by atoms with van der Waals surface area (Å²) in [6.07, 6.45) is 2.41. The van der Waals surface area contributed by atoms with E-state index in [0.29, 0.717) is 36.5 Å². The molecule has 1 heterocycles. The number of carbonyl (C=O) groups excluding carboxylic acids is 1. The molecule has 0 spiro atoms. The Morgan fingerprint density at radius 1 is 1.07 bits per heavy atom. The molecule has 27 heavy (non-hydrogen) atoms. The quantitative estimate of drug-likeness (QED) is 0.613. The van der Waals surface area contributed by atoms with Crippen LogP contribution in [0.25, 0.3) is 0 Å². The van der Waals surface area contributed by atoms with E-state index in [0.717, 1.165) is 0 Å². The lowest BCUT2D eigenvalue weighted by molar-refractivity contribution is -0.126. The lowest BCUT2D eigenvalue weighted by Gasteiger charge is -2.30. The minimum Gasteiger partial charge on any atom is -0.273 e. The second-order valence-corrected chi connectivity index (χ2v) is 8.59. The van der Waals surface area contributed by atoms with Crippen LogP contribution in [-0.4, -0.2) is 37.9 Å². The summed E-state index contributed by atoms with van der Waals surface area (Å²) in [5.74, 6) is -0.481. The van der Waals surface area contributed by atoms with Crippen LogP contribution in [-0.2, 0) is 14.8 Å². The Labute approximate surface area is 163 Å². The highest BCUT2D eigenvalue weighted by Crippen LogP contribution is 2.23. The molecule has 0 aromatic heterocycles. The maximum absolute atomic E-state index is 12.6. The van der Waals surface area contributed by atoms with E-state index in [4.69, 9.17) is 11.6 Å². The molecule has 1 aliphatic rings. The van der Waals surface area contributed by atoms with Gasteiger partial charge in [-0.25, -0.2) is 13.8 Å². The number of halogens is 1. The molecule has 1 N–H and O–H groups in total. The Balaban J connectivity index is 1.54. The number of carbonyl (C=O) groups is 1. The van der Waals surface area contributed by atoms with Gasteiger partial charge in [0.25, 0.3) is 0 Å². The molecule has 1 aliphatic heterocycles. The highest BCUT2D eigenvalue weighted by molar-refractivity contribution is 7.89. The van der Waals surface area contributed by atoms with E-state index >= 15 is 0 Å². The van der Waals surface area contributed by atoms with Crippen molar-refractivity contribution in [3.8, 4) is 0 Å². The maximum atomic E-state index is 12.6. The van der Waals surface area contributed by atoms with E-state index in [-0.39, 0.29) is 16.7 Å². The topological polar surface area (TPSA) is 78.8 Å². The molecule has 0 saturated carbocycles. The number of piperidine rings is 1. The first kappa shape index (κ1) is 19.5. The second-order valence-electron chi connectivity index (χ2n) is 6.25. The van der Waals surface area contributed by atoms with Crippen LogP contribution in [0.5, 0.6) is 0 Å². The summed E-state index contributed by atoms with van der Waals surface area (Å²) in [4.78, 5) is 12.5. The fourth-order valence-electron chi connectivity index (χ4n) is 2.94. The first-order chi connectivity index (χ1) is 13.0. The molecule has 142 valence electrons. The number of amides is 1. The lowest BCUT2D eigenvalue weighted by atomic mass is 9.98. The molecule has 0 unspecified atom stereocenters. The number of benzene rings is 2. The van der Waals surface area contributed by atoms with Crippen LogP contribution in [0.3, 0.4) is 0 Å². The number of hydrogen-bond donors (Lipinski definition) is 1. The number of nitrogens with zero attached hydrogens (tertiary/aromatic N) is 2. The van der Waals surface area contributed by atoms with Gasteiger partial charge >= 0.3 is 0 Å². The highest BCUT2D eigenvalue weighted by Gasteiger charge is 2.31. The van der Waals surface area contributed by atoms with Crippen LogP contribution in [0.4, 0.5) is 0 Å². The monoisotopic (exact) mass is 405 g/mol. The first-order valence-electron chi connectivity index (χ1n) is 8.61. The van der Waals surface area contributed by atoms with Crippen molar-refractivity contribution in [3.63, 3.8) is 0 Å². The van der Waals surface area contributed by atoms with Gasteiger partial charge in [0, 0.05) is 29.6 Å². The summed E-state index contributed by atoms with van der Waals surface area (Å²) in [6.45, 7) is 0.618. The molecule has 0 bridgehead atoms. The average Bonchev–Trinajstić information content (AvgIpc) is 2.70. The molecule has 2 aromatic rings. The molecule has 6 nitrogen and oxygen atoms in total. The van der Waals surface area contributed by atoms with Crippen molar-refractivity contribution in [2.24, 2.45) is 11.0 Å². The van der Waals surface area contributed by atoms with Gasteiger partial charge in [-0.15, -0.1) is 0 Å². The van der Waals surface area contributed by atoms with Crippen LogP contribution in [0.1, 0.15) is 18.4 Å². The van der Waals surface area contributed by atoms with Gasteiger partial charge in [-0.3, -0.25) is 4.79 Å². The van der Waals surface area contributed by atoms with Gasteiger partial charge in [0.15, 0.2) is 0 Å². The minimum atomic E-state index is -3.51. The van der Waals surface area contributed by atoms with E-state index in [1.54, 1.807) is 42.5 Å². The minimum absolute atomic E-state index is 0.213. The fraction of sp³-hybridized carbons (Fsp3) is 0.263. The van der Waals surface area contributed by atoms with Crippen LogP contribution in [0.15, 0.2) is 64.6 Å². The Bertz CT molecular complexity index is 924. The molecule has 1 amide bonds. The summed E-state index contributed by atoms with van der Waals surface area (Å²) in [7, 11) is -3.51. The standard InChI is InChI=1S/C19H20ClN3O3S/c20-18-9-5-4-6-16(18)14-21-22-19(24)15-10-12-23(13-11-15)27(25,26)17-7-2-1-3-8-17/h1-9,14-15H,10-13H2,(H,22,24)/b21-14-. The van der Waals surface area contributed by atoms with Crippen molar-refractivity contribution in [2.45, 2.75) is 17.7 Å². The molecule has 2 aromatic carbocycles. The number of hydrogen-bond acceptors (Lipinski definition) is 4. The van der Waals surface area contributed by atoms with Crippen LogP contribution in [0, 0.1) is 5.92 Å². The van der Waals surface area contributed by atoms with Gasteiger partial charge < -0.3 is 0 Å². The third-order valence-electron chi connectivity index (χ3n) is 4.49. The lowest BCUT2D eigenvalue weighted by Crippen LogP contribution is -2.42. The summed E-state index contributed by atoms with van der Waals surface area (Å²) < 4.78 is 26.7. The molecular weight excluding hydrogens is 386 g/mol. The number of rotatable bonds is 5. The molecule has 0 aliphatic carbocycles. The van der Waals surface area contributed by atoms with Crippen molar-refractivity contribution < 1.29 is 13.2 Å². The summed E-state index contributed by atoms with van der Waals surface area (Å²) in [5.41, 5.74) is 3.23. The van der Waals surface area contributed by atoms with Crippen molar-refractivity contribution in [2.75, 3.05) is 13.1 Å². The Morgan fingerprint density at radius 3 is 2.37 bits per heavy atom. The van der Waals surface area contributed by atoms with E-state index in [1.165, 1.54) is 10.5 Å². The zero-order valence-electron chi connectivity index (χ0n) is 14.6. The zero-order valence-corrected chi connectivity index (χ0v) is 16.2. The summed E-state index contributed by atoms with van der Waals surface area (Å²) in [5, 5.41) is 4.50. The molecule has 8 heteroatoms. The van der Waals surface area contributed by atoms with E-state index < -0.39 is 10.0 Å². The third kappa shape index (κ3) is 4.74. The zero-order chi connectivity index (χ0) is 19.3. The van der Waals surface area contributed by atoms with Crippen molar-refractivity contribution in [1.29, 1.82) is 0 Å². The first-order valence-corrected chi connectivity index (χ1v) is 10.4. The predicted octanol–water partition coefficient (Wildman–Crippen LogP) is 2.89. The van der Waals surface area contributed by atoms with Gasteiger partial charge in [-0.1, -0.05) is 48.0 Å². The van der Waals surface area contributed by atoms with Crippen molar-refractivity contribution in [1.82, 2.24) is 9.73 Å². The van der Waals surface area contributed by atoms with Crippen molar-refractivity contribution in [3.05, 3.63) is 65.2 Å². The smallest absolute Gasteiger partial charge is 0.243 e. The van der Waals surface area contributed by atoms with Crippen molar-refractivity contribution >= 4 is 33.7 Å². The molecular formula is C19H20ClN3O3S. The Hall–Kier alpha value is -2.22. The molecule has 1 saturated heterocycles. The van der Waals surface area contributed by atoms with Gasteiger partial charge in [-0.2, -0.15) is 9.41 Å².